The molecule has 0 spiro atoms. The molecule has 1 aliphatic heterocycles. The van der Waals surface area contributed by atoms with Crippen LogP contribution in [0, 0.1) is 5.82 Å². The Morgan fingerprint density at radius 1 is 1.11 bits per heavy atom. The maximum atomic E-state index is 14.7. The molecule has 47 heavy (non-hydrogen) atoms. The Bertz CT molecular complexity index is 1870. The number of hydrogen-bond donors (Lipinski definition) is 3. The van der Waals surface area contributed by atoms with Gasteiger partial charge in [-0.3, -0.25) is 14.6 Å². The standard InChI is InChI=1S/C30H22F8N4O5/c1-46-19-8-15(6-14-7-16(24(32)33)10-40-21(14)19)25(43)41-11-29(45,30(36,37)38)20-9-18-23(47-12-28(18,26(34)35)27(39)44)22(42-20)13-2-4-17(31)5-3-13/h2-10,24,26,45H,11-12H2,1H3,(H2,39,44)(H,41,43)/t28-,29?/m0/s1. The molecule has 2 aromatic carbocycles. The number of nitrogens with two attached hydrogens (primary N) is 1. The van der Waals surface area contributed by atoms with Gasteiger partial charge in [-0.2, -0.15) is 13.2 Å². The van der Waals surface area contributed by atoms with E-state index in [0.29, 0.717) is 6.07 Å². The Kier molecular flexibility index (Phi) is 8.47. The lowest BCUT2D eigenvalue weighted by Gasteiger charge is -2.32. The topological polar surface area (TPSA) is 137 Å². The van der Waals surface area contributed by atoms with Gasteiger partial charge < -0.3 is 25.6 Å². The number of carbonyl (C=O) groups is 2. The minimum Gasteiger partial charge on any atom is -0.494 e. The summed E-state index contributed by atoms with van der Waals surface area (Å²) in [7, 11) is 1.18. The molecule has 4 N–H and O–H groups in total. The lowest BCUT2D eigenvalue weighted by atomic mass is 9.80. The summed E-state index contributed by atoms with van der Waals surface area (Å²) in [5.74, 6) is -4.28. The Balaban J connectivity index is 1.61. The van der Waals surface area contributed by atoms with Gasteiger partial charge in [0.25, 0.3) is 18.8 Å². The third-order valence-electron chi connectivity index (χ3n) is 7.73. The average Bonchev–Trinajstić information content (AvgIpc) is 3.43. The molecule has 1 unspecified atom stereocenters. The van der Waals surface area contributed by atoms with Crippen molar-refractivity contribution in [2.24, 2.45) is 5.73 Å². The molecule has 0 bridgehead atoms. The van der Waals surface area contributed by atoms with Crippen LogP contribution in [-0.4, -0.2) is 59.8 Å². The Hall–Kier alpha value is -5.06. The van der Waals surface area contributed by atoms with Crippen molar-refractivity contribution >= 4 is 22.7 Å². The molecule has 2 atom stereocenters. The number of primary amides is 1. The molecule has 2 aromatic heterocycles. The molecular weight excluding hydrogens is 648 g/mol. The molecule has 17 heteroatoms. The fourth-order valence-corrected chi connectivity index (χ4v) is 5.07. The quantitative estimate of drug-likeness (QED) is 0.215. The van der Waals surface area contributed by atoms with E-state index in [1.54, 1.807) is 0 Å². The first-order valence-electron chi connectivity index (χ1n) is 13.4. The van der Waals surface area contributed by atoms with Gasteiger partial charge in [0.2, 0.25) is 11.5 Å². The minimum atomic E-state index is -5.64. The zero-order chi connectivity index (χ0) is 34.5. The van der Waals surface area contributed by atoms with Crippen LogP contribution in [0.1, 0.15) is 33.6 Å². The van der Waals surface area contributed by atoms with Gasteiger partial charge >= 0.3 is 6.18 Å². The van der Waals surface area contributed by atoms with Gasteiger partial charge in [-0.25, -0.2) is 26.9 Å². The highest BCUT2D eigenvalue weighted by atomic mass is 19.4. The summed E-state index contributed by atoms with van der Waals surface area (Å²) in [4.78, 5) is 33.2. The van der Waals surface area contributed by atoms with Gasteiger partial charge in [0.15, 0.2) is 5.41 Å². The maximum Gasteiger partial charge on any atom is 0.424 e. The zero-order valence-corrected chi connectivity index (χ0v) is 23.8. The van der Waals surface area contributed by atoms with E-state index in [1.165, 1.54) is 7.11 Å². The first-order chi connectivity index (χ1) is 22.0. The van der Waals surface area contributed by atoms with E-state index in [-0.39, 0.29) is 27.8 Å². The number of pyridine rings is 2. The number of alkyl halides is 7. The molecule has 5 rings (SSSR count). The number of amides is 2. The van der Waals surface area contributed by atoms with Gasteiger partial charge in [0, 0.05) is 33.8 Å². The minimum absolute atomic E-state index is 0.0163. The highest BCUT2D eigenvalue weighted by Crippen LogP contribution is 2.49. The number of halogens is 8. The summed E-state index contributed by atoms with van der Waals surface area (Å²) in [6.07, 6.45) is -11.3. The van der Waals surface area contributed by atoms with Crippen molar-refractivity contribution in [1.29, 1.82) is 0 Å². The second-order valence-electron chi connectivity index (χ2n) is 10.5. The molecule has 248 valence electrons. The second kappa shape index (κ2) is 11.9. The van der Waals surface area contributed by atoms with E-state index in [4.69, 9.17) is 15.2 Å². The summed E-state index contributed by atoms with van der Waals surface area (Å²) in [6.45, 7) is -2.74. The SMILES string of the molecule is COc1cc(C(=O)NCC(O)(c2cc3c(c(-c4ccc(F)cc4)n2)OC[C@@]3(C(N)=O)C(F)F)C(F)(F)F)cc2cc(C(F)F)cnc12. The van der Waals surface area contributed by atoms with E-state index in [0.717, 1.165) is 48.7 Å². The number of aliphatic hydroxyl groups is 1. The molecule has 1 aliphatic rings. The van der Waals surface area contributed by atoms with Crippen molar-refractivity contribution in [3.63, 3.8) is 0 Å². The molecule has 0 aliphatic carbocycles. The number of fused-ring (bicyclic) bond motifs is 2. The molecule has 3 heterocycles. The van der Waals surface area contributed by atoms with Crippen LogP contribution in [0.25, 0.3) is 22.2 Å². The van der Waals surface area contributed by atoms with Crippen LogP contribution in [0.4, 0.5) is 35.1 Å². The lowest BCUT2D eigenvalue weighted by molar-refractivity contribution is -0.265. The van der Waals surface area contributed by atoms with E-state index in [1.807, 2.05) is 5.32 Å². The van der Waals surface area contributed by atoms with Crippen LogP contribution < -0.4 is 20.5 Å². The van der Waals surface area contributed by atoms with Crippen LogP contribution in [0.15, 0.2) is 54.7 Å². The van der Waals surface area contributed by atoms with E-state index in [2.05, 4.69) is 9.97 Å². The van der Waals surface area contributed by atoms with Gasteiger partial charge in [0.1, 0.15) is 35.1 Å². The van der Waals surface area contributed by atoms with Gasteiger partial charge in [-0.1, -0.05) is 0 Å². The average molecular weight is 671 g/mol. The Labute approximate surface area is 259 Å². The van der Waals surface area contributed by atoms with Crippen molar-refractivity contribution in [2.45, 2.75) is 30.0 Å². The molecule has 0 saturated carbocycles. The molecule has 0 fully saturated rings. The van der Waals surface area contributed by atoms with E-state index < -0.39 is 89.1 Å². The number of aromatic nitrogens is 2. The van der Waals surface area contributed by atoms with Crippen molar-refractivity contribution in [2.75, 3.05) is 20.3 Å². The van der Waals surface area contributed by atoms with Gasteiger partial charge in [0.05, 0.1) is 19.3 Å². The lowest BCUT2D eigenvalue weighted by Crippen LogP contribution is -2.52. The summed E-state index contributed by atoms with van der Waals surface area (Å²) in [5, 5.41) is 13.0. The van der Waals surface area contributed by atoms with Crippen molar-refractivity contribution in [3.8, 4) is 22.8 Å². The molecule has 9 nitrogen and oxygen atoms in total. The third-order valence-corrected chi connectivity index (χ3v) is 7.73. The van der Waals surface area contributed by atoms with E-state index in [9.17, 15) is 49.8 Å². The molecule has 4 aromatic rings. The highest BCUT2D eigenvalue weighted by molar-refractivity contribution is 6.00. The van der Waals surface area contributed by atoms with E-state index >= 15 is 0 Å². The fraction of sp³-hybridized carbons (Fsp3) is 0.267. The first kappa shape index (κ1) is 33.3. The third kappa shape index (κ3) is 5.64. The Morgan fingerprint density at radius 3 is 2.36 bits per heavy atom. The number of hydrogen-bond acceptors (Lipinski definition) is 7. The van der Waals surface area contributed by atoms with Crippen molar-refractivity contribution in [1.82, 2.24) is 15.3 Å². The molecular formula is C30H22F8N4O5. The molecule has 0 saturated heterocycles. The van der Waals surface area contributed by atoms with Gasteiger partial charge in [-0.15, -0.1) is 0 Å². The number of ether oxygens (including phenoxy) is 2. The number of nitrogens with zero attached hydrogens (tertiary/aromatic N) is 2. The van der Waals surface area contributed by atoms with Crippen LogP contribution >= 0.6 is 0 Å². The second-order valence-corrected chi connectivity index (χ2v) is 10.5. The number of methoxy groups -OCH3 is 1. The molecule has 2 amide bonds. The highest BCUT2D eigenvalue weighted by Gasteiger charge is 2.60. The first-order valence-corrected chi connectivity index (χ1v) is 13.4. The number of carbonyl (C=O) groups excluding carboxylic acids is 2. The zero-order valence-electron chi connectivity index (χ0n) is 23.8. The summed E-state index contributed by atoms with van der Waals surface area (Å²) >= 11 is 0. The monoisotopic (exact) mass is 670 g/mol. The summed E-state index contributed by atoms with van der Waals surface area (Å²) < 4.78 is 123. The normalized spacial score (nSPS) is 17.4. The summed E-state index contributed by atoms with van der Waals surface area (Å²) in [5.41, 5.74) is -5.42. The summed E-state index contributed by atoms with van der Waals surface area (Å²) in [6, 6.07) is 7.41. The van der Waals surface area contributed by atoms with Crippen LogP contribution in [0.3, 0.4) is 0 Å². The number of rotatable bonds is 9. The van der Waals surface area contributed by atoms with Crippen LogP contribution in [0.5, 0.6) is 11.5 Å². The molecule has 0 radical (unpaired) electrons. The Morgan fingerprint density at radius 2 is 1.79 bits per heavy atom. The maximum absolute atomic E-state index is 14.7. The van der Waals surface area contributed by atoms with Crippen molar-refractivity contribution < 1.29 is 59.3 Å². The predicted molar refractivity (Wildman–Crippen MR) is 148 cm³/mol. The predicted octanol–water partition coefficient (Wildman–Crippen LogP) is 4.94. The van der Waals surface area contributed by atoms with Crippen LogP contribution in [-0.2, 0) is 15.8 Å². The van der Waals surface area contributed by atoms with Crippen molar-refractivity contribution in [3.05, 3.63) is 82.9 Å². The smallest absolute Gasteiger partial charge is 0.424 e. The number of nitrogens with one attached hydrogen (secondary N) is 1. The van der Waals surface area contributed by atoms with Gasteiger partial charge in [-0.05, 0) is 48.5 Å². The van der Waals surface area contributed by atoms with Crippen LogP contribution in [0.2, 0.25) is 0 Å². The number of benzene rings is 2. The largest absolute Gasteiger partial charge is 0.494 e. The fourth-order valence-electron chi connectivity index (χ4n) is 5.07.